The maximum absolute atomic E-state index is 5.48. The molecular formula is C14H16O. The van der Waals surface area contributed by atoms with E-state index in [0.29, 0.717) is 12.4 Å². The van der Waals surface area contributed by atoms with Gasteiger partial charge in [-0.2, -0.15) is 0 Å². The predicted octanol–water partition coefficient (Wildman–Crippen LogP) is 3.77. The first-order valence-corrected chi connectivity index (χ1v) is 4.89. The maximum Gasteiger partial charge on any atom is 0.114 e. The quantitative estimate of drug-likeness (QED) is 0.519. The van der Waals surface area contributed by atoms with E-state index in [1.807, 2.05) is 12.1 Å². The van der Waals surface area contributed by atoms with Crippen LogP contribution in [0.3, 0.4) is 0 Å². The number of benzene rings is 1. The van der Waals surface area contributed by atoms with Crippen molar-refractivity contribution in [1.82, 2.24) is 0 Å². The van der Waals surface area contributed by atoms with Crippen LogP contribution in [0.4, 0.5) is 0 Å². The van der Waals surface area contributed by atoms with Crippen LogP contribution in [0.2, 0.25) is 0 Å². The van der Waals surface area contributed by atoms with E-state index in [-0.39, 0.29) is 0 Å². The lowest BCUT2D eigenvalue weighted by atomic mass is 10.1. The van der Waals surface area contributed by atoms with Crippen LogP contribution in [0.15, 0.2) is 61.4 Å². The molecule has 0 aromatic heterocycles. The average molecular weight is 200 g/mol. The van der Waals surface area contributed by atoms with Gasteiger partial charge in [-0.1, -0.05) is 49.6 Å². The molecule has 0 amide bonds. The zero-order valence-corrected chi connectivity index (χ0v) is 9.07. The lowest BCUT2D eigenvalue weighted by molar-refractivity contribution is 0.212. The molecule has 0 saturated heterocycles. The Morgan fingerprint density at radius 1 is 1.40 bits per heavy atom. The van der Waals surface area contributed by atoms with Crippen LogP contribution in [0, 0.1) is 6.92 Å². The van der Waals surface area contributed by atoms with Gasteiger partial charge in [-0.25, -0.2) is 0 Å². The minimum Gasteiger partial charge on any atom is -0.490 e. The third kappa shape index (κ3) is 3.86. The van der Waals surface area contributed by atoms with E-state index in [0.717, 1.165) is 0 Å². The van der Waals surface area contributed by atoms with Crippen LogP contribution < -0.4 is 0 Å². The molecule has 1 heteroatoms. The first kappa shape index (κ1) is 11.3. The average Bonchev–Trinajstić information content (AvgIpc) is 2.25. The van der Waals surface area contributed by atoms with E-state index < -0.39 is 0 Å². The Kier molecular flexibility index (Phi) is 4.42. The Balaban J connectivity index is 2.50. The number of hydrogen-bond donors (Lipinski definition) is 0. The number of allylic oxidation sites excluding steroid dienone is 3. The standard InChI is InChI=1S/C14H16O/c1-4-5-9-13(3)15-11-14-10-7-6-8-12(14)2/h4-10H,1,3,11H2,2H3/b9-5-. The Morgan fingerprint density at radius 3 is 2.80 bits per heavy atom. The summed E-state index contributed by atoms with van der Waals surface area (Å²) in [5.41, 5.74) is 2.42. The topological polar surface area (TPSA) is 9.23 Å². The van der Waals surface area contributed by atoms with Crippen LogP contribution in [0.25, 0.3) is 0 Å². The van der Waals surface area contributed by atoms with Crippen molar-refractivity contribution in [1.29, 1.82) is 0 Å². The molecule has 0 atom stereocenters. The molecule has 0 spiro atoms. The molecule has 0 fully saturated rings. The van der Waals surface area contributed by atoms with Crippen molar-refractivity contribution in [3.8, 4) is 0 Å². The highest BCUT2D eigenvalue weighted by molar-refractivity contribution is 5.25. The van der Waals surface area contributed by atoms with E-state index in [1.165, 1.54) is 11.1 Å². The second-order valence-electron chi connectivity index (χ2n) is 3.28. The Labute approximate surface area is 91.4 Å². The van der Waals surface area contributed by atoms with E-state index in [2.05, 4.69) is 32.2 Å². The molecule has 0 N–H and O–H groups in total. The van der Waals surface area contributed by atoms with Crippen LogP contribution in [-0.2, 0) is 11.3 Å². The van der Waals surface area contributed by atoms with Crippen molar-refractivity contribution >= 4 is 0 Å². The molecule has 0 bridgehead atoms. The van der Waals surface area contributed by atoms with Gasteiger partial charge in [0.15, 0.2) is 0 Å². The monoisotopic (exact) mass is 200 g/mol. The van der Waals surface area contributed by atoms with Crippen molar-refractivity contribution in [3.05, 3.63) is 72.5 Å². The third-order valence-electron chi connectivity index (χ3n) is 2.09. The fourth-order valence-corrected chi connectivity index (χ4v) is 1.17. The van der Waals surface area contributed by atoms with E-state index in [9.17, 15) is 0 Å². The zero-order chi connectivity index (χ0) is 11.1. The third-order valence-corrected chi connectivity index (χ3v) is 2.09. The Hall–Kier alpha value is -1.76. The fourth-order valence-electron chi connectivity index (χ4n) is 1.17. The first-order chi connectivity index (χ1) is 7.24. The van der Waals surface area contributed by atoms with Crippen molar-refractivity contribution in [2.75, 3.05) is 0 Å². The SMILES string of the molecule is C=C/C=C\C(=C)OCc1ccccc1C. The number of rotatable bonds is 5. The molecular weight excluding hydrogens is 184 g/mol. The van der Waals surface area contributed by atoms with E-state index >= 15 is 0 Å². The van der Waals surface area contributed by atoms with E-state index in [1.54, 1.807) is 18.2 Å². The molecule has 0 aliphatic heterocycles. The van der Waals surface area contributed by atoms with Gasteiger partial charge in [0.25, 0.3) is 0 Å². The summed E-state index contributed by atoms with van der Waals surface area (Å²) in [5, 5.41) is 0. The molecule has 0 aliphatic carbocycles. The van der Waals surface area contributed by atoms with Gasteiger partial charge in [0, 0.05) is 0 Å². The molecule has 1 nitrogen and oxygen atoms in total. The second kappa shape index (κ2) is 5.86. The molecule has 0 saturated carbocycles. The molecule has 1 aromatic carbocycles. The lowest BCUT2D eigenvalue weighted by Crippen LogP contribution is -1.93. The van der Waals surface area contributed by atoms with Gasteiger partial charge in [0.1, 0.15) is 12.4 Å². The number of hydrogen-bond acceptors (Lipinski definition) is 1. The molecule has 0 unspecified atom stereocenters. The summed E-state index contributed by atoms with van der Waals surface area (Å²) in [5.74, 6) is 0.651. The maximum atomic E-state index is 5.48. The smallest absolute Gasteiger partial charge is 0.114 e. The molecule has 0 heterocycles. The molecule has 1 rings (SSSR count). The predicted molar refractivity (Wildman–Crippen MR) is 64.4 cm³/mol. The summed E-state index contributed by atoms with van der Waals surface area (Å²) < 4.78 is 5.48. The van der Waals surface area contributed by atoms with Gasteiger partial charge < -0.3 is 4.74 Å². The van der Waals surface area contributed by atoms with Gasteiger partial charge >= 0.3 is 0 Å². The molecule has 1 aromatic rings. The highest BCUT2D eigenvalue weighted by Crippen LogP contribution is 2.10. The van der Waals surface area contributed by atoms with E-state index in [4.69, 9.17) is 4.74 Å². The summed E-state index contributed by atoms with van der Waals surface area (Å²) in [7, 11) is 0. The fraction of sp³-hybridized carbons (Fsp3) is 0.143. The van der Waals surface area contributed by atoms with Crippen molar-refractivity contribution in [3.63, 3.8) is 0 Å². The summed E-state index contributed by atoms with van der Waals surface area (Å²) in [4.78, 5) is 0. The first-order valence-electron chi connectivity index (χ1n) is 4.89. The van der Waals surface area contributed by atoms with Crippen molar-refractivity contribution in [2.24, 2.45) is 0 Å². The summed E-state index contributed by atoms with van der Waals surface area (Å²) in [6.07, 6.45) is 5.30. The van der Waals surface area contributed by atoms with Crippen LogP contribution in [0.5, 0.6) is 0 Å². The molecule has 78 valence electrons. The van der Waals surface area contributed by atoms with Crippen molar-refractivity contribution < 1.29 is 4.74 Å². The van der Waals surface area contributed by atoms with Gasteiger partial charge in [-0.05, 0) is 24.1 Å². The summed E-state index contributed by atoms with van der Waals surface area (Å²) in [6, 6.07) is 8.15. The van der Waals surface area contributed by atoms with Gasteiger partial charge in [0.2, 0.25) is 0 Å². The summed E-state index contributed by atoms with van der Waals surface area (Å²) in [6.45, 7) is 9.99. The van der Waals surface area contributed by atoms with Crippen molar-refractivity contribution in [2.45, 2.75) is 13.5 Å². The Bertz CT molecular complexity index is 375. The van der Waals surface area contributed by atoms with Crippen LogP contribution in [-0.4, -0.2) is 0 Å². The molecule has 0 radical (unpaired) electrons. The number of aryl methyl sites for hydroxylation is 1. The zero-order valence-electron chi connectivity index (χ0n) is 9.07. The second-order valence-corrected chi connectivity index (χ2v) is 3.28. The largest absolute Gasteiger partial charge is 0.490 e. The minimum absolute atomic E-state index is 0.562. The lowest BCUT2D eigenvalue weighted by Gasteiger charge is -2.07. The highest BCUT2D eigenvalue weighted by Gasteiger charge is 1.97. The highest BCUT2D eigenvalue weighted by atomic mass is 16.5. The van der Waals surface area contributed by atoms with Gasteiger partial charge in [-0.15, -0.1) is 0 Å². The molecule has 15 heavy (non-hydrogen) atoms. The number of ether oxygens (including phenoxy) is 1. The van der Waals surface area contributed by atoms with Gasteiger partial charge in [0.05, 0.1) is 0 Å². The van der Waals surface area contributed by atoms with Crippen LogP contribution >= 0.6 is 0 Å². The Morgan fingerprint density at radius 2 is 2.13 bits per heavy atom. The summed E-state index contributed by atoms with van der Waals surface area (Å²) >= 11 is 0. The minimum atomic E-state index is 0.562. The van der Waals surface area contributed by atoms with Gasteiger partial charge in [-0.3, -0.25) is 0 Å². The van der Waals surface area contributed by atoms with Crippen LogP contribution in [0.1, 0.15) is 11.1 Å². The molecule has 0 aliphatic rings. The normalized spacial score (nSPS) is 10.2.